The van der Waals surface area contributed by atoms with Crippen LogP contribution in [0.25, 0.3) is 0 Å². The van der Waals surface area contributed by atoms with Crippen LogP contribution in [0, 0.1) is 5.92 Å². The summed E-state index contributed by atoms with van der Waals surface area (Å²) in [5, 5.41) is 2.91. The van der Waals surface area contributed by atoms with Gasteiger partial charge >= 0.3 is 6.18 Å². The molecular weight excluding hydrogens is 225 g/mol. The highest BCUT2D eigenvalue weighted by Crippen LogP contribution is 2.40. The molecule has 0 aromatic rings. The predicted molar refractivity (Wildman–Crippen MR) is 48.7 cm³/mol. The number of alkyl halides is 3. The molecule has 92 valence electrons. The topological polar surface area (TPSA) is 41.6 Å². The Morgan fingerprint density at radius 3 is 2.31 bits per heavy atom. The number of hydrogen-bond acceptors (Lipinski definition) is 3. The smallest absolute Gasteiger partial charge is 0.365 e. The van der Waals surface area contributed by atoms with Gasteiger partial charge in [0.1, 0.15) is 0 Å². The maximum Gasteiger partial charge on any atom is 0.420 e. The molecule has 2 rings (SSSR count). The van der Waals surface area contributed by atoms with E-state index in [1.165, 1.54) is 4.90 Å². The van der Waals surface area contributed by atoms with Gasteiger partial charge in [0.15, 0.2) is 5.60 Å². The summed E-state index contributed by atoms with van der Waals surface area (Å²) >= 11 is 0. The molecule has 0 unspecified atom stereocenters. The molecule has 2 fully saturated rings. The quantitative estimate of drug-likeness (QED) is 0.736. The average molecular weight is 238 g/mol. The molecule has 0 bridgehead atoms. The number of carbonyl (C=O) groups is 1. The SMILES string of the molecule is COC1(C(F)(F)F)CN(C(=O)C2CNC2)C1. The highest BCUT2D eigenvalue weighted by atomic mass is 19.4. The van der Waals surface area contributed by atoms with Crippen LogP contribution in [0.15, 0.2) is 0 Å². The molecule has 2 aliphatic heterocycles. The van der Waals surface area contributed by atoms with Crippen molar-refractivity contribution in [2.45, 2.75) is 11.8 Å². The summed E-state index contributed by atoms with van der Waals surface area (Å²) in [6.07, 6.45) is -4.42. The summed E-state index contributed by atoms with van der Waals surface area (Å²) in [7, 11) is 1.03. The minimum atomic E-state index is -4.42. The molecular formula is C9H13F3N2O2. The van der Waals surface area contributed by atoms with Crippen LogP contribution >= 0.6 is 0 Å². The largest absolute Gasteiger partial charge is 0.420 e. The van der Waals surface area contributed by atoms with Gasteiger partial charge in [-0.1, -0.05) is 0 Å². The van der Waals surface area contributed by atoms with Gasteiger partial charge in [-0.05, 0) is 0 Å². The van der Waals surface area contributed by atoms with Gasteiger partial charge in [-0.15, -0.1) is 0 Å². The van der Waals surface area contributed by atoms with Crippen LogP contribution in [0.2, 0.25) is 0 Å². The third-order valence-electron chi connectivity index (χ3n) is 3.24. The zero-order valence-corrected chi connectivity index (χ0v) is 8.80. The number of methoxy groups -OCH3 is 1. The van der Waals surface area contributed by atoms with Crippen LogP contribution < -0.4 is 5.32 Å². The van der Waals surface area contributed by atoms with Crippen LogP contribution in [0.3, 0.4) is 0 Å². The molecule has 0 spiro atoms. The third kappa shape index (κ3) is 1.58. The lowest BCUT2D eigenvalue weighted by Crippen LogP contribution is -2.72. The predicted octanol–water partition coefficient (Wildman–Crippen LogP) is -0.00450. The average Bonchev–Trinajstić information content (AvgIpc) is 1.96. The Hall–Kier alpha value is -0.820. The fraction of sp³-hybridized carbons (Fsp3) is 0.889. The van der Waals surface area contributed by atoms with E-state index in [9.17, 15) is 18.0 Å². The van der Waals surface area contributed by atoms with E-state index in [4.69, 9.17) is 0 Å². The number of carbonyl (C=O) groups excluding carboxylic acids is 1. The van der Waals surface area contributed by atoms with E-state index in [2.05, 4.69) is 10.1 Å². The summed E-state index contributed by atoms with van der Waals surface area (Å²) in [5.74, 6) is -0.376. The van der Waals surface area contributed by atoms with Crippen molar-refractivity contribution < 1.29 is 22.7 Å². The molecule has 16 heavy (non-hydrogen) atoms. The molecule has 0 atom stereocenters. The minimum absolute atomic E-state index is 0.164. The monoisotopic (exact) mass is 238 g/mol. The van der Waals surface area contributed by atoms with Gasteiger partial charge in [0, 0.05) is 20.2 Å². The molecule has 7 heteroatoms. The molecule has 0 aliphatic carbocycles. The minimum Gasteiger partial charge on any atom is -0.365 e. The van der Waals surface area contributed by atoms with Crippen LogP contribution in [-0.4, -0.2) is 55.9 Å². The summed E-state index contributed by atoms with van der Waals surface area (Å²) < 4.78 is 42.4. The standard InChI is InChI=1S/C9H13F3N2O2/c1-16-8(9(10,11)12)4-14(5-8)7(15)6-2-13-3-6/h6,13H,2-5H2,1H3. The Balaban J connectivity index is 1.94. The zero-order valence-electron chi connectivity index (χ0n) is 8.80. The zero-order chi connectivity index (χ0) is 12.0. The van der Waals surface area contributed by atoms with Crippen molar-refractivity contribution in [2.75, 3.05) is 33.3 Å². The first kappa shape index (κ1) is 11.7. The highest BCUT2D eigenvalue weighted by molar-refractivity contribution is 5.81. The lowest BCUT2D eigenvalue weighted by Gasteiger charge is -2.50. The van der Waals surface area contributed by atoms with Gasteiger partial charge in [0.05, 0.1) is 19.0 Å². The Morgan fingerprint density at radius 1 is 1.44 bits per heavy atom. The van der Waals surface area contributed by atoms with E-state index < -0.39 is 11.8 Å². The van der Waals surface area contributed by atoms with Crippen LogP contribution in [0.4, 0.5) is 13.2 Å². The number of nitrogens with zero attached hydrogens (tertiary/aromatic N) is 1. The van der Waals surface area contributed by atoms with Gasteiger partial charge in [0.2, 0.25) is 5.91 Å². The highest BCUT2D eigenvalue weighted by Gasteiger charge is 2.64. The number of halogens is 3. The van der Waals surface area contributed by atoms with E-state index in [0.29, 0.717) is 13.1 Å². The third-order valence-corrected chi connectivity index (χ3v) is 3.24. The Bertz CT molecular complexity index is 296. The first-order valence-electron chi connectivity index (χ1n) is 5.01. The van der Waals surface area contributed by atoms with Crippen molar-refractivity contribution in [3.8, 4) is 0 Å². The lowest BCUT2D eigenvalue weighted by molar-refractivity contribution is -0.307. The Labute approximate surface area is 90.7 Å². The van der Waals surface area contributed by atoms with E-state index >= 15 is 0 Å². The second-order valence-corrected chi connectivity index (χ2v) is 4.25. The first-order valence-corrected chi connectivity index (χ1v) is 5.01. The van der Waals surface area contributed by atoms with Crippen molar-refractivity contribution in [3.63, 3.8) is 0 Å². The van der Waals surface area contributed by atoms with Crippen molar-refractivity contribution in [1.82, 2.24) is 10.2 Å². The normalized spacial score (nSPS) is 24.9. The van der Waals surface area contributed by atoms with Crippen molar-refractivity contribution in [1.29, 1.82) is 0 Å². The maximum absolute atomic E-state index is 12.6. The summed E-state index contributed by atoms with van der Waals surface area (Å²) in [4.78, 5) is 12.8. The number of hydrogen-bond donors (Lipinski definition) is 1. The Morgan fingerprint density at radius 2 is 2.00 bits per heavy atom. The lowest BCUT2D eigenvalue weighted by atomic mass is 9.90. The van der Waals surface area contributed by atoms with E-state index in [1.807, 2.05) is 0 Å². The second-order valence-electron chi connectivity index (χ2n) is 4.25. The van der Waals surface area contributed by atoms with Crippen molar-refractivity contribution in [3.05, 3.63) is 0 Å². The summed E-state index contributed by atoms with van der Waals surface area (Å²) in [6, 6.07) is 0. The molecule has 1 amide bonds. The maximum atomic E-state index is 12.6. The van der Waals surface area contributed by atoms with Crippen molar-refractivity contribution in [2.24, 2.45) is 5.92 Å². The van der Waals surface area contributed by atoms with E-state index in [0.717, 1.165) is 7.11 Å². The summed E-state index contributed by atoms with van der Waals surface area (Å²) in [6.45, 7) is 0.341. The number of nitrogens with one attached hydrogen (secondary N) is 1. The number of rotatable bonds is 2. The number of likely N-dealkylation sites (tertiary alicyclic amines) is 1. The van der Waals surface area contributed by atoms with E-state index in [-0.39, 0.29) is 24.9 Å². The van der Waals surface area contributed by atoms with Gasteiger partial charge in [-0.2, -0.15) is 13.2 Å². The van der Waals surface area contributed by atoms with Gasteiger partial charge in [0.25, 0.3) is 0 Å². The van der Waals surface area contributed by atoms with Crippen LogP contribution in [0.5, 0.6) is 0 Å². The fourth-order valence-electron chi connectivity index (χ4n) is 1.87. The molecule has 2 saturated heterocycles. The van der Waals surface area contributed by atoms with Crippen molar-refractivity contribution >= 4 is 5.91 Å². The summed E-state index contributed by atoms with van der Waals surface area (Å²) in [5.41, 5.74) is -2.15. The van der Waals surface area contributed by atoms with E-state index in [1.54, 1.807) is 0 Å². The molecule has 1 N–H and O–H groups in total. The molecule has 0 aromatic heterocycles. The van der Waals surface area contributed by atoms with Gasteiger partial charge < -0.3 is 15.0 Å². The molecule has 0 saturated carbocycles. The number of amides is 1. The first-order chi connectivity index (χ1) is 7.39. The molecule has 2 aliphatic rings. The Kier molecular flexibility index (Phi) is 2.62. The van der Waals surface area contributed by atoms with Gasteiger partial charge in [-0.25, -0.2) is 0 Å². The molecule has 4 nitrogen and oxygen atoms in total. The van der Waals surface area contributed by atoms with Crippen LogP contribution in [-0.2, 0) is 9.53 Å². The fourth-order valence-corrected chi connectivity index (χ4v) is 1.87. The number of ether oxygens (including phenoxy) is 1. The molecule has 0 radical (unpaired) electrons. The molecule has 2 heterocycles. The van der Waals surface area contributed by atoms with Crippen LogP contribution in [0.1, 0.15) is 0 Å². The second kappa shape index (κ2) is 3.59. The van der Waals surface area contributed by atoms with Gasteiger partial charge in [-0.3, -0.25) is 4.79 Å². The molecule has 0 aromatic carbocycles.